The lowest BCUT2D eigenvalue weighted by molar-refractivity contribution is 0.424. The fourth-order valence-electron chi connectivity index (χ4n) is 2.19. The van der Waals surface area contributed by atoms with Crippen LogP contribution in [0.2, 0.25) is 0 Å². The van der Waals surface area contributed by atoms with Crippen LogP contribution < -0.4 is 10.2 Å². The Bertz CT molecular complexity index is 599. The van der Waals surface area contributed by atoms with Crippen LogP contribution in [0, 0.1) is 6.92 Å². The van der Waals surface area contributed by atoms with Gasteiger partial charge in [-0.2, -0.15) is 0 Å². The predicted octanol–water partition coefficient (Wildman–Crippen LogP) is 4.05. The van der Waals surface area contributed by atoms with E-state index in [0.717, 1.165) is 18.1 Å². The number of hydrogen-bond acceptors (Lipinski definition) is 3. The number of benzene rings is 1. The van der Waals surface area contributed by atoms with Gasteiger partial charge in [0.2, 0.25) is 0 Å². The summed E-state index contributed by atoms with van der Waals surface area (Å²) in [5.74, 6) is 1.000. The molecule has 0 saturated heterocycles. The number of rotatable bonds is 4. The van der Waals surface area contributed by atoms with E-state index in [1.807, 2.05) is 12.3 Å². The highest BCUT2D eigenvalue weighted by Crippen LogP contribution is 2.25. The highest BCUT2D eigenvalue weighted by molar-refractivity contribution is 5.62. The zero-order valence-electron chi connectivity index (χ0n) is 13.6. The van der Waals surface area contributed by atoms with Gasteiger partial charge in [-0.05, 0) is 51.5 Å². The van der Waals surface area contributed by atoms with E-state index in [4.69, 9.17) is 0 Å². The first-order valence-electron chi connectivity index (χ1n) is 7.36. The minimum Gasteiger partial charge on any atom is -0.329 e. The minimum atomic E-state index is 0.0923. The molecule has 3 heteroatoms. The molecule has 1 aromatic heterocycles. The quantitative estimate of drug-likeness (QED) is 0.917. The molecule has 2 aromatic rings. The molecule has 0 aliphatic heterocycles. The first kappa shape index (κ1) is 15.5. The summed E-state index contributed by atoms with van der Waals surface area (Å²) in [7, 11) is 2.07. The summed E-state index contributed by atoms with van der Waals surface area (Å²) in [6, 6.07) is 12.6. The van der Waals surface area contributed by atoms with Crippen molar-refractivity contribution in [3.05, 3.63) is 53.7 Å². The lowest BCUT2D eigenvalue weighted by Crippen LogP contribution is -2.35. The third kappa shape index (κ3) is 4.30. The molecule has 2 rings (SSSR count). The van der Waals surface area contributed by atoms with E-state index in [-0.39, 0.29) is 5.54 Å². The summed E-state index contributed by atoms with van der Waals surface area (Å²) in [5, 5.41) is 3.53. The van der Waals surface area contributed by atoms with Crippen molar-refractivity contribution in [1.82, 2.24) is 10.3 Å². The first-order valence-corrected chi connectivity index (χ1v) is 7.36. The van der Waals surface area contributed by atoms with Crippen LogP contribution >= 0.6 is 0 Å². The van der Waals surface area contributed by atoms with Crippen LogP contribution in [0.4, 0.5) is 11.5 Å². The Morgan fingerprint density at radius 2 is 1.90 bits per heavy atom. The van der Waals surface area contributed by atoms with Crippen LogP contribution in [-0.2, 0) is 6.54 Å². The Labute approximate surface area is 128 Å². The fourth-order valence-corrected chi connectivity index (χ4v) is 2.19. The molecular formula is C18H25N3. The van der Waals surface area contributed by atoms with Crippen LogP contribution in [0.25, 0.3) is 0 Å². The molecule has 0 unspecified atom stereocenters. The van der Waals surface area contributed by atoms with E-state index < -0.39 is 0 Å². The monoisotopic (exact) mass is 283 g/mol. The van der Waals surface area contributed by atoms with Crippen LogP contribution in [0.1, 0.15) is 31.9 Å². The van der Waals surface area contributed by atoms with Crippen LogP contribution in [-0.4, -0.2) is 17.6 Å². The van der Waals surface area contributed by atoms with Gasteiger partial charge >= 0.3 is 0 Å². The number of nitrogens with one attached hydrogen (secondary N) is 1. The molecule has 21 heavy (non-hydrogen) atoms. The lowest BCUT2D eigenvalue weighted by Gasteiger charge is -2.25. The SMILES string of the molecule is Cc1cccc(N(C)c2ncccc2CNC(C)(C)C)c1. The maximum atomic E-state index is 4.57. The minimum absolute atomic E-state index is 0.0923. The van der Waals surface area contributed by atoms with Crippen molar-refractivity contribution in [3.8, 4) is 0 Å². The van der Waals surface area contributed by atoms with Crippen molar-refractivity contribution in [2.75, 3.05) is 11.9 Å². The second kappa shape index (κ2) is 6.27. The van der Waals surface area contributed by atoms with E-state index in [1.54, 1.807) is 0 Å². The number of hydrogen-bond donors (Lipinski definition) is 1. The van der Waals surface area contributed by atoms with Gasteiger partial charge < -0.3 is 10.2 Å². The third-order valence-electron chi connectivity index (χ3n) is 3.38. The lowest BCUT2D eigenvalue weighted by atomic mass is 10.1. The van der Waals surface area contributed by atoms with E-state index in [2.05, 4.69) is 80.3 Å². The Kier molecular flexibility index (Phi) is 4.63. The molecule has 0 radical (unpaired) electrons. The van der Waals surface area contributed by atoms with Gasteiger partial charge in [-0.1, -0.05) is 18.2 Å². The normalized spacial score (nSPS) is 11.5. The highest BCUT2D eigenvalue weighted by Gasteiger charge is 2.14. The molecule has 0 aliphatic rings. The van der Waals surface area contributed by atoms with E-state index in [1.165, 1.54) is 11.1 Å². The standard InChI is InChI=1S/C18H25N3/c1-14-8-6-10-16(12-14)21(5)17-15(9-7-11-19-17)13-20-18(2,3)4/h6-12,20H,13H2,1-5H3. The summed E-state index contributed by atoms with van der Waals surface area (Å²) in [4.78, 5) is 6.72. The van der Waals surface area contributed by atoms with Crippen molar-refractivity contribution in [2.24, 2.45) is 0 Å². The van der Waals surface area contributed by atoms with Crippen LogP contribution in [0.15, 0.2) is 42.6 Å². The zero-order valence-corrected chi connectivity index (χ0v) is 13.6. The average Bonchev–Trinajstić information content (AvgIpc) is 2.44. The maximum absolute atomic E-state index is 4.57. The molecule has 1 N–H and O–H groups in total. The maximum Gasteiger partial charge on any atom is 0.137 e. The molecule has 3 nitrogen and oxygen atoms in total. The van der Waals surface area contributed by atoms with Crippen molar-refractivity contribution >= 4 is 11.5 Å². The number of pyridine rings is 1. The molecule has 0 bridgehead atoms. The van der Waals surface area contributed by atoms with Crippen molar-refractivity contribution in [3.63, 3.8) is 0 Å². The molecule has 1 heterocycles. The third-order valence-corrected chi connectivity index (χ3v) is 3.38. The fraction of sp³-hybridized carbons (Fsp3) is 0.389. The second-order valence-electron chi connectivity index (χ2n) is 6.49. The molecule has 1 aromatic carbocycles. The summed E-state index contributed by atoms with van der Waals surface area (Å²) >= 11 is 0. The topological polar surface area (TPSA) is 28.2 Å². The Morgan fingerprint density at radius 1 is 1.14 bits per heavy atom. The van der Waals surface area contributed by atoms with Crippen molar-refractivity contribution in [1.29, 1.82) is 0 Å². The van der Waals surface area contributed by atoms with Gasteiger partial charge in [0.1, 0.15) is 5.82 Å². The molecule has 112 valence electrons. The summed E-state index contributed by atoms with van der Waals surface area (Å²) < 4.78 is 0. The van der Waals surface area contributed by atoms with Gasteiger partial charge in [0.25, 0.3) is 0 Å². The molecule has 0 fully saturated rings. The zero-order chi connectivity index (χ0) is 15.5. The Hall–Kier alpha value is -1.87. The van der Waals surface area contributed by atoms with Gasteiger partial charge in [-0.3, -0.25) is 0 Å². The first-order chi connectivity index (χ1) is 9.87. The molecule has 0 saturated carbocycles. The highest BCUT2D eigenvalue weighted by atomic mass is 15.2. The number of nitrogens with zero attached hydrogens (tertiary/aromatic N) is 2. The van der Waals surface area contributed by atoms with Gasteiger partial charge in [-0.25, -0.2) is 4.98 Å². The summed E-state index contributed by atoms with van der Waals surface area (Å²) in [6.07, 6.45) is 1.85. The number of aryl methyl sites for hydroxylation is 1. The molecule has 0 spiro atoms. The molecular weight excluding hydrogens is 258 g/mol. The molecule has 0 amide bonds. The van der Waals surface area contributed by atoms with E-state index >= 15 is 0 Å². The van der Waals surface area contributed by atoms with E-state index in [0.29, 0.717) is 0 Å². The predicted molar refractivity (Wildman–Crippen MR) is 90.1 cm³/mol. The Balaban J connectivity index is 2.27. The van der Waals surface area contributed by atoms with Gasteiger partial charge in [0.15, 0.2) is 0 Å². The van der Waals surface area contributed by atoms with E-state index in [9.17, 15) is 0 Å². The van der Waals surface area contributed by atoms with Crippen molar-refractivity contribution in [2.45, 2.75) is 39.8 Å². The summed E-state index contributed by atoms with van der Waals surface area (Å²) in [6.45, 7) is 9.44. The van der Waals surface area contributed by atoms with Gasteiger partial charge in [0, 0.05) is 36.6 Å². The van der Waals surface area contributed by atoms with Crippen molar-refractivity contribution < 1.29 is 0 Å². The second-order valence-corrected chi connectivity index (χ2v) is 6.49. The number of aromatic nitrogens is 1. The Morgan fingerprint density at radius 3 is 2.57 bits per heavy atom. The largest absolute Gasteiger partial charge is 0.329 e. The average molecular weight is 283 g/mol. The van der Waals surface area contributed by atoms with Gasteiger partial charge in [0.05, 0.1) is 0 Å². The smallest absolute Gasteiger partial charge is 0.137 e. The molecule has 0 atom stereocenters. The van der Waals surface area contributed by atoms with Crippen LogP contribution in [0.5, 0.6) is 0 Å². The number of anilines is 2. The summed E-state index contributed by atoms with van der Waals surface area (Å²) in [5.41, 5.74) is 3.71. The van der Waals surface area contributed by atoms with Gasteiger partial charge in [-0.15, -0.1) is 0 Å². The molecule has 0 aliphatic carbocycles. The van der Waals surface area contributed by atoms with Crippen LogP contribution in [0.3, 0.4) is 0 Å².